The van der Waals surface area contributed by atoms with Crippen LogP contribution in [0.3, 0.4) is 0 Å². The monoisotopic (exact) mass is 290 g/mol. The van der Waals surface area contributed by atoms with Gasteiger partial charge in [0.15, 0.2) is 0 Å². The fourth-order valence-corrected chi connectivity index (χ4v) is 3.78. The lowest BCUT2D eigenvalue weighted by Gasteiger charge is -2.11. The van der Waals surface area contributed by atoms with Crippen LogP contribution in [0.2, 0.25) is 0 Å². The zero-order chi connectivity index (χ0) is 14.7. The molecule has 2 aromatic rings. The number of halogens is 1. The third kappa shape index (κ3) is 1.74. The summed E-state index contributed by atoms with van der Waals surface area (Å²) in [4.78, 5) is 4.83. The molecular formula is C17H23ClN2. The van der Waals surface area contributed by atoms with Gasteiger partial charge < -0.3 is 4.57 Å². The minimum absolute atomic E-state index is 0.298. The van der Waals surface area contributed by atoms with Gasteiger partial charge in [0, 0.05) is 18.3 Å². The predicted molar refractivity (Wildman–Crippen MR) is 85.5 cm³/mol. The van der Waals surface area contributed by atoms with Gasteiger partial charge in [0.2, 0.25) is 0 Å². The van der Waals surface area contributed by atoms with E-state index in [1.807, 2.05) is 0 Å². The Balaban J connectivity index is 2.21. The van der Waals surface area contributed by atoms with Crippen molar-refractivity contribution in [2.45, 2.75) is 47.1 Å². The summed E-state index contributed by atoms with van der Waals surface area (Å²) in [6.45, 7) is 11.5. The highest BCUT2D eigenvalue weighted by molar-refractivity contribution is 6.17. The number of hydrogen-bond donors (Lipinski definition) is 0. The fourth-order valence-electron chi connectivity index (χ4n) is 3.61. The summed E-state index contributed by atoms with van der Waals surface area (Å²) in [7, 11) is 0. The van der Waals surface area contributed by atoms with Crippen molar-refractivity contribution in [3.05, 3.63) is 29.6 Å². The van der Waals surface area contributed by atoms with E-state index in [2.05, 4.69) is 57.4 Å². The molecule has 1 aromatic heterocycles. The third-order valence-electron chi connectivity index (χ3n) is 5.44. The normalized spacial score (nSPS) is 20.5. The molecule has 0 saturated heterocycles. The van der Waals surface area contributed by atoms with Gasteiger partial charge in [-0.1, -0.05) is 33.8 Å². The number of imidazole rings is 1. The van der Waals surface area contributed by atoms with Gasteiger partial charge in [-0.2, -0.15) is 0 Å². The van der Waals surface area contributed by atoms with Gasteiger partial charge in [0.1, 0.15) is 5.82 Å². The van der Waals surface area contributed by atoms with Gasteiger partial charge in [-0.3, -0.25) is 0 Å². The van der Waals surface area contributed by atoms with Crippen LogP contribution in [0.5, 0.6) is 0 Å². The fraction of sp³-hybridized carbons (Fsp3) is 0.588. The predicted octanol–water partition coefficient (Wildman–Crippen LogP) is 4.73. The second-order valence-electron chi connectivity index (χ2n) is 7.18. The quantitative estimate of drug-likeness (QED) is 0.747. The number of fused-ring (bicyclic) bond motifs is 1. The Hall–Kier alpha value is -1.02. The lowest BCUT2D eigenvalue weighted by molar-refractivity contribution is 0.457. The maximum atomic E-state index is 5.98. The van der Waals surface area contributed by atoms with Crippen LogP contribution in [0.4, 0.5) is 0 Å². The molecule has 1 heterocycles. The molecule has 2 nitrogen and oxygen atoms in total. The number of aromatic nitrogens is 2. The minimum Gasteiger partial charge on any atom is -0.324 e. The molecule has 1 saturated carbocycles. The van der Waals surface area contributed by atoms with E-state index >= 15 is 0 Å². The van der Waals surface area contributed by atoms with Crippen LogP contribution in [-0.4, -0.2) is 15.4 Å². The highest BCUT2D eigenvalue weighted by atomic mass is 35.5. The zero-order valence-corrected chi connectivity index (χ0v) is 13.8. The van der Waals surface area contributed by atoms with Crippen LogP contribution >= 0.6 is 11.6 Å². The maximum Gasteiger partial charge on any atom is 0.111 e. The lowest BCUT2D eigenvalue weighted by atomic mass is 10.0. The number of rotatable bonds is 3. The molecule has 0 radical (unpaired) electrons. The van der Waals surface area contributed by atoms with Crippen molar-refractivity contribution < 1.29 is 0 Å². The number of nitrogens with zero attached hydrogens (tertiary/aromatic N) is 2. The first-order valence-corrected chi connectivity index (χ1v) is 7.87. The second kappa shape index (κ2) is 4.24. The van der Waals surface area contributed by atoms with Crippen molar-refractivity contribution in [2.24, 2.45) is 10.8 Å². The number of alkyl halides is 1. The van der Waals surface area contributed by atoms with E-state index in [4.69, 9.17) is 16.6 Å². The van der Waals surface area contributed by atoms with Crippen molar-refractivity contribution in [2.75, 3.05) is 5.88 Å². The Morgan fingerprint density at radius 1 is 1.20 bits per heavy atom. The van der Waals surface area contributed by atoms with Crippen LogP contribution in [0.1, 0.15) is 45.1 Å². The first-order chi connectivity index (χ1) is 9.30. The largest absolute Gasteiger partial charge is 0.324 e. The first kappa shape index (κ1) is 13.9. The van der Waals surface area contributed by atoms with Crippen molar-refractivity contribution >= 4 is 22.6 Å². The second-order valence-corrected chi connectivity index (χ2v) is 7.55. The molecule has 1 aromatic carbocycles. The standard InChI is InChI=1S/C17H23ClN2/c1-11-6-7-13-12(10-11)19-14(8-9-18)20(13)15-16(2,3)17(15,4)5/h6-7,10,15H,8-9H2,1-5H3. The molecule has 0 unspecified atom stereocenters. The highest BCUT2D eigenvalue weighted by Gasteiger charge is 2.66. The van der Waals surface area contributed by atoms with Gasteiger partial charge in [0.25, 0.3) is 0 Å². The van der Waals surface area contributed by atoms with Gasteiger partial charge in [-0.05, 0) is 35.4 Å². The molecule has 0 amide bonds. The Kier molecular flexibility index (Phi) is 2.95. The summed E-state index contributed by atoms with van der Waals surface area (Å²) in [5.41, 5.74) is 4.20. The number of aryl methyl sites for hydroxylation is 2. The lowest BCUT2D eigenvalue weighted by Crippen LogP contribution is -2.07. The Morgan fingerprint density at radius 3 is 2.40 bits per heavy atom. The summed E-state index contributed by atoms with van der Waals surface area (Å²) in [6, 6.07) is 7.06. The molecule has 0 bridgehead atoms. The summed E-state index contributed by atoms with van der Waals surface area (Å²) < 4.78 is 2.44. The topological polar surface area (TPSA) is 17.8 Å². The van der Waals surface area contributed by atoms with Crippen molar-refractivity contribution in [1.82, 2.24) is 9.55 Å². The van der Waals surface area contributed by atoms with Crippen LogP contribution in [0.15, 0.2) is 18.2 Å². The molecular weight excluding hydrogens is 268 g/mol. The van der Waals surface area contributed by atoms with E-state index in [9.17, 15) is 0 Å². The SMILES string of the molecule is Cc1ccc2c(c1)nc(CCCl)n2C1C(C)(C)C1(C)C. The van der Waals surface area contributed by atoms with Crippen LogP contribution in [0, 0.1) is 17.8 Å². The van der Waals surface area contributed by atoms with Gasteiger partial charge in [0.05, 0.1) is 11.0 Å². The molecule has 1 fully saturated rings. The summed E-state index contributed by atoms with van der Waals surface area (Å²) >= 11 is 5.98. The number of hydrogen-bond acceptors (Lipinski definition) is 1. The van der Waals surface area contributed by atoms with Gasteiger partial charge in [-0.25, -0.2) is 4.98 Å². The average Bonchev–Trinajstić information content (AvgIpc) is 2.64. The van der Waals surface area contributed by atoms with Crippen molar-refractivity contribution in [3.8, 4) is 0 Å². The van der Waals surface area contributed by atoms with E-state index in [1.54, 1.807) is 0 Å². The summed E-state index contributed by atoms with van der Waals surface area (Å²) in [6.07, 6.45) is 0.831. The molecule has 0 atom stereocenters. The molecule has 0 spiro atoms. The third-order valence-corrected chi connectivity index (χ3v) is 5.63. The molecule has 20 heavy (non-hydrogen) atoms. The van der Waals surface area contributed by atoms with Crippen molar-refractivity contribution in [3.63, 3.8) is 0 Å². The maximum absolute atomic E-state index is 5.98. The Bertz CT molecular complexity index is 653. The number of benzene rings is 1. The summed E-state index contributed by atoms with van der Waals surface area (Å²) in [5, 5.41) is 0. The van der Waals surface area contributed by atoms with E-state index in [-0.39, 0.29) is 0 Å². The highest BCUT2D eigenvalue weighted by Crippen LogP contribution is 2.72. The van der Waals surface area contributed by atoms with Crippen LogP contribution in [-0.2, 0) is 6.42 Å². The van der Waals surface area contributed by atoms with Crippen molar-refractivity contribution in [1.29, 1.82) is 0 Å². The molecule has 0 N–H and O–H groups in total. The summed E-state index contributed by atoms with van der Waals surface area (Å²) in [5.74, 6) is 1.75. The zero-order valence-electron chi connectivity index (χ0n) is 13.0. The van der Waals surface area contributed by atoms with Gasteiger partial charge in [-0.15, -0.1) is 11.6 Å². The molecule has 3 heteroatoms. The smallest absolute Gasteiger partial charge is 0.111 e. The van der Waals surface area contributed by atoms with E-state index in [0.29, 0.717) is 22.8 Å². The van der Waals surface area contributed by atoms with Gasteiger partial charge >= 0.3 is 0 Å². The Morgan fingerprint density at radius 2 is 1.85 bits per heavy atom. The molecule has 108 valence electrons. The van der Waals surface area contributed by atoms with Crippen LogP contribution < -0.4 is 0 Å². The molecule has 0 aliphatic heterocycles. The molecule has 1 aliphatic rings. The first-order valence-electron chi connectivity index (χ1n) is 7.34. The van der Waals surface area contributed by atoms with Crippen LogP contribution in [0.25, 0.3) is 11.0 Å². The van der Waals surface area contributed by atoms with E-state index < -0.39 is 0 Å². The Labute approximate surface area is 126 Å². The average molecular weight is 291 g/mol. The minimum atomic E-state index is 0.298. The molecule has 1 aliphatic carbocycles. The van der Waals surface area contributed by atoms with E-state index in [0.717, 1.165) is 17.8 Å². The molecule has 3 rings (SSSR count). The van der Waals surface area contributed by atoms with E-state index in [1.165, 1.54) is 11.1 Å².